The van der Waals surface area contributed by atoms with Gasteiger partial charge in [-0.05, 0) is 25.0 Å². The van der Waals surface area contributed by atoms with Gasteiger partial charge in [-0.25, -0.2) is 8.42 Å². The lowest BCUT2D eigenvalue weighted by Crippen LogP contribution is -2.29. The third kappa shape index (κ3) is 1.83. The lowest BCUT2D eigenvalue weighted by molar-refractivity contribution is 0.593. The molecule has 0 spiro atoms. The average Bonchev–Trinajstić information content (AvgIpc) is 2.94. The van der Waals surface area contributed by atoms with Crippen molar-refractivity contribution in [3.8, 4) is 0 Å². The van der Waals surface area contributed by atoms with E-state index in [9.17, 15) is 13.2 Å². The summed E-state index contributed by atoms with van der Waals surface area (Å²) in [4.78, 5) is 13.5. The summed E-state index contributed by atoms with van der Waals surface area (Å²) in [6, 6.07) is 5.36. The van der Waals surface area contributed by atoms with Crippen LogP contribution in [0.1, 0.15) is 11.3 Å². The minimum atomic E-state index is -3.74. The molecule has 0 unspecified atom stereocenters. The summed E-state index contributed by atoms with van der Waals surface area (Å²) in [6.07, 6.45) is 0.623. The van der Waals surface area contributed by atoms with E-state index in [2.05, 4.69) is 4.98 Å². The lowest BCUT2D eigenvalue weighted by atomic mass is 10.1. The predicted octanol–water partition coefficient (Wildman–Crippen LogP) is 1.08. The first-order valence-electron chi connectivity index (χ1n) is 6.01. The van der Waals surface area contributed by atoms with Crippen molar-refractivity contribution in [1.29, 1.82) is 0 Å². The summed E-state index contributed by atoms with van der Waals surface area (Å²) in [7, 11) is -3.74. The molecule has 1 aliphatic heterocycles. The molecule has 1 aromatic carbocycles. The van der Waals surface area contributed by atoms with Gasteiger partial charge in [0.15, 0.2) is 4.21 Å². The number of fused-ring (bicyclic) bond motifs is 1. The normalized spacial score (nSPS) is 14.6. The Morgan fingerprint density at radius 3 is 2.80 bits per heavy atom. The molecule has 0 fully saturated rings. The molecule has 0 saturated heterocycles. The molecule has 0 radical (unpaired) electrons. The molecule has 0 saturated carbocycles. The maximum atomic E-state index is 12.7. The van der Waals surface area contributed by atoms with Crippen LogP contribution < -0.4 is 14.9 Å². The third-order valence-electron chi connectivity index (χ3n) is 3.29. The molecule has 1 aromatic heterocycles. The Hall–Kier alpha value is -1.80. The van der Waals surface area contributed by atoms with Crippen LogP contribution in [0.25, 0.3) is 0 Å². The van der Waals surface area contributed by atoms with Crippen LogP contribution >= 0.6 is 11.3 Å². The fourth-order valence-corrected chi connectivity index (χ4v) is 5.36. The molecule has 0 amide bonds. The average molecular weight is 311 g/mol. The second-order valence-electron chi connectivity index (χ2n) is 4.61. The number of benzene rings is 1. The number of hydrogen-bond donors (Lipinski definition) is 2. The number of rotatable bonds is 2. The van der Waals surface area contributed by atoms with E-state index in [-0.39, 0.29) is 9.08 Å². The quantitative estimate of drug-likeness (QED) is 0.811. The molecular formula is C12H13N3O3S2. The summed E-state index contributed by atoms with van der Waals surface area (Å²) in [6.45, 7) is 1.92. The second kappa shape index (κ2) is 4.35. The van der Waals surface area contributed by atoms with Crippen molar-refractivity contribution in [2.75, 3.05) is 16.6 Å². The molecule has 1 aliphatic rings. The van der Waals surface area contributed by atoms with E-state index in [1.54, 1.807) is 13.0 Å². The Labute approximate surface area is 119 Å². The fraction of sp³-hybridized carbons (Fsp3) is 0.250. The number of aromatic amines is 1. The highest BCUT2D eigenvalue weighted by atomic mass is 32.2. The third-order valence-corrected chi connectivity index (χ3v) is 6.67. The van der Waals surface area contributed by atoms with E-state index in [1.807, 2.05) is 12.1 Å². The predicted molar refractivity (Wildman–Crippen MR) is 78.8 cm³/mol. The van der Waals surface area contributed by atoms with Crippen molar-refractivity contribution in [2.24, 2.45) is 0 Å². The smallest absolute Gasteiger partial charge is 0.306 e. The van der Waals surface area contributed by atoms with Gasteiger partial charge in [0.25, 0.3) is 10.0 Å². The van der Waals surface area contributed by atoms with Gasteiger partial charge in [0.05, 0.1) is 11.4 Å². The number of H-pyrrole nitrogens is 1. The van der Waals surface area contributed by atoms with Gasteiger partial charge in [0.1, 0.15) is 0 Å². The van der Waals surface area contributed by atoms with E-state index in [0.717, 1.165) is 5.56 Å². The molecule has 8 heteroatoms. The van der Waals surface area contributed by atoms with E-state index in [1.165, 1.54) is 4.31 Å². The first kappa shape index (κ1) is 13.2. The Kier molecular flexibility index (Phi) is 2.87. The zero-order valence-corrected chi connectivity index (χ0v) is 12.3. The van der Waals surface area contributed by atoms with Crippen molar-refractivity contribution in [1.82, 2.24) is 4.98 Å². The number of nitrogens with one attached hydrogen (secondary N) is 1. The first-order valence-corrected chi connectivity index (χ1v) is 8.27. The van der Waals surface area contributed by atoms with Crippen molar-refractivity contribution in [2.45, 2.75) is 17.6 Å². The molecule has 2 aromatic rings. The summed E-state index contributed by atoms with van der Waals surface area (Å²) >= 11 is 0.707. The molecule has 3 N–H and O–H groups in total. The number of aryl methyl sites for hydroxylation is 1. The Morgan fingerprint density at radius 2 is 2.15 bits per heavy atom. The molecule has 2 heterocycles. The number of para-hydroxylation sites is 1. The molecular weight excluding hydrogens is 298 g/mol. The highest BCUT2D eigenvalue weighted by molar-refractivity contribution is 7.94. The SMILES string of the molecule is Cc1[nH]c(=O)sc1S(=O)(=O)N1CCc2cccc(N)c21. The maximum Gasteiger partial charge on any atom is 0.306 e. The standard InChI is InChI=1S/C12H13N3O3S2/c1-7-11(19-12(16)14-7)20(17,18)15-6-5-8-3-2-4-9(13)10(8)15/h2-4H,5-6,13H2,1H3,(H,14,16). The monoisotopic (exact) mass is 311 g/mol. The van der Waals surface area contributed by atoms with Crippen LogP contribution in [0.15, 0.2) is 27.2 Å². The summed E-state index contributed by atoms with van der Waals surface area (Å²) in [5, 5.41) is 0. The number of nitrogens with two attached hydrogens (primary N) is 1. The van der Waals surface area contributed by atoms with Gasteiger partial charge in [0.2, 0.25) is 0 Å². The molecule has 3 rings (SSSR count). The summed E-state index contributed by atoms with van der Waals surface area (Å²) in [5.74, 6) is 0. The molecule has 106 valence electrons. The number of anilines is 2. The number of thiazole rings is 1. The van der Waals surface area contributed by atoms with E-state index < -0.39 is 10.0 Å². The van der Waals surface area contributed by atoms with Crippen LogP contribution in [0.5, 0.6) is 0 Å². The first-order chi connectivity index (χ1) is 9.41. The van der Waals surface area contributed by atoms with Gasteiger partial charge in [-0.15, -0.1) is 0 Å². The van der Waals surface area contributed by atoms with E-state index in [4.69, 9.17) is 5.73 Å². The molecule has 20 heavy (non-hydrogen) atoms. The van der Waals surface area contributed by atoms with Crippen LogP contribution in [0.3, 0.4) is 0 Å². The minimum absolute atomic E-state index is 0.0543. The highest BCUT2D eigenvalue weighted by Gasteiger charge is 2.34. The van der Waals surface area contributed by atoms with Crippen molar-refractivity contribution in [3.63, 3.8) is 0 Å². The highest BCUT2D eigenvalue weighted by Crippen LogP contribution is 2.38. The number of sulfonamides is 1. The van der Waals surface area contributed by atoms with Gasteiger partial charge in [-0.1, -0.05) is 23.5 Å². The van der Waals surface area contributed by atoms with Gasteiger partial charge in [-0.3, -0.25) is 9.10 Å². The van der Waals surface area contributed by atoms with Crippen LogP contribution in [-0.4, -0.2) is 19.9 Å². The number of nitrogen functional groups attached to an aromatic ring is 1. The number of nitrogens with zero attached hydrogens (tertiary/aromatic N) is 1. The minimum Gasteiger partial charge on any atom is -0.397 e. The number of hydrogen-bond acceptors (Lipinski definition) is 5. The van der Waals surface area contributed by atoms with Crippen LogP contribution in [0.4, 0.5) is 11.4 Å². The maximum absolute atomic E-state index is 12.7. The zero-order chi connectivity index (χ0) is 14.5. The Morgan fingerprint density at radius 1 is 1.40 bits per heavy atom. The largest absolute Gasteiger partial charge is 0.397 e. The molecule has 0 bridgehead atoms. The van der Waals surface area contributed by atoms with Gasteiger partial charge in [-0.2, -0.15) is 0 Å². The van der Waals surface area contributed by atoms with Crippen LogP contribution in [-0.2, 0) is 16.4 Å². The molecule has 0 atom stereocenters. The summed E-state index contributed by atoms with van der Waals surface area (Å²) in [5.41, 5.74) is 8.15. The number of aromatic nitrogens is 1. The van der Waals surface area contributed by atoms with E-state index in [0.29, 0.717) is 41.4 Å². The topological polar surface area (TPSA) is 96.3 Å². The lowest BCUT2D eigenvalue weighted by Gasteiger charge is -2.20. The summed E-state index contributed by atoms with van der Waals surface area (Å²) < 4.78 is 26.8. The Balaban J connectivity index is 2.17. The van der Waals surface area contributed by atoms with Crippen LogP contribution in [0, 0.1) is 6.92 Å². The fourth-order valence-electron chi connectivity index (χ4n) is 2.43. The van der Waals surface area contributed by atoms with Crippen molar-refractivity contribution >= 4 is 32.7 Å². The van der Waals surface area contributed by atoms with Gasteiger partial charge < -0.3 is 10.7 Å². The zero-order valence-electron chi connectivity index (χ0n) is 10.7. The van der Waals surface area contributed by atoms with Crippen LogP contribution in [0.2, 0.25) is 0 Å². The molecule has 0 aliphatic carbocycles. The van der Waals surface area contributed by atoms with E-state index >= 15 is 0 Å². The Bertz CT molecular complexity index is 836. The van der Waals surface area contributed by atoms with Gasteiger partial charge in [0, 0.05) is 12.2 Å². The van der Waals surface area contributed by atoms with Gasteiger partial charge >= 0.3 is 4.87 Å². The van der Waals surface area contributed by atoms with Crippen molar-refractivity contribution in [3.05, 3.63) is 39.1 Å². The second-order valence-corrected chi connectivity index (χ2v) is 7.65. The molecule has 6 nitrogen and oxygen atoms in total. The van der Waals surface area contributed by atoms with Crippen molar-refractivity contribution < 1.29 is 8.42 Å².